The summed E-state index contributed by atoms with van der Waals surface area (Å²) in [6.45, 7) is 2.70. The molecule has 2 fully saturated rings. The first-order valence-corrected chi connectivity index (χ1v) is 33.9. The van der Waals surface area contributed by atoms with Crippen molar-refractivity contribution in [3.05, 3.63) is 48.6 Å². The number of nitrogens with one attached hydrogen (secondary N) is 1. The molecule has 2 aliphatic rings. The number of aliphatic hydroxyl groups excluding tert-OH is 8. The molecular formula is C68H125NO13. The largest absolute Gasteiger partial charge is 0.394 e. The van der Waals surface area contributed by atoms with Crippen molar-refractivity contribution in [1.82, 2.24) is 5.32 Å². The summed E-state index contributed by atoms with van der Waals surface area (Å²) in [4.78, 5) is 13.3. The number of ether oxygens (including phenoxy) is 4. The molecule has 82 heavy (non-hydrogen) atoms. The minimum absolute atomic E-state index is 0.255. The number of unbranched alkanes of at least 4 members (excludes halogenated alkanes) is 36. The van der Waals surface area contributed by atoms with E-state index in [0.717, 1.165) is 70.6 Å². The monoisotopic (exact) mass is 1160 g/mol. The van der Waals surface area contributed by atoms with Crippen LogP contribution in [-0.2, 0) is 23.7 Å². The third kappa shape index (κ3) is 37.5. The van der Waals surface area contributed by atoms with Crippen LogP contribution in [-0.4, -0.2) is 140 Å². The van der Waals surface area contributed by atoms with Crippen molar-refractivity contribution in [2.45, 2.75) is 357 Å². The Morgan fingerprint density at radius 1 is 0.451 bits per heavy atom. The maximum Gasteiger partial charge on any atom is 0.220 e. The summed E-state index contributed by atoms with van der Waals surface area (Å²) in [7, 11) is 0. The maximum absolute atomic E-state index is 13.3. The summed E-state index contributed by atoms with van der Waals surface area (Å²) in [5.41, 5.74) is 0. The van der Waals surface area contributed by atoms with E-state index in [1.54, 1.807) is 6.08 Å². The highest BCUT2D eigenvalue weighted by molar-refractivity contribution is 5.76. The summed E-state index contributed by atoms with van der Waals surface area (Å²) >= 11 is 0. The lowest BCUT2D eigenvalue weighted by Crippen LogP contribution is -2.65. The van der Waals surface area contributed by atoms with E-state index >= 15 is 0 Å². The first-order chi connectivity index (χ1) is 40.1. The minimum Gasteiger partial charge on any atom is -0.394 e. The molecule has 0 aromatic carbocycles. The van der Waals surface area contributed by atoms with Crippen LogP contribution in [0.15, 0.2) is 48.6 Å². The smallest absolute Gasteiger partial charge is 0.220 e. The van der Waals surface area contributed by atoms with Gasteiger partial charge in [-0.1, -0.05) is 274 Å². The normalized spacial score (nSPS) is 24.2. The number of carbonyl (C=O) groups is 1. The molecule has 480 valence electrons. The van der Waals surface area contributed by atoms with E-state index in [-0.39, 0.29) is 18.9 Å². The van der Waals surface area contributed by atoms with Crippen molar-refractivity contribution in [3.63, 3.8) is 0 Å². The van der Waals surface area contributed by atoms with Gasteiger partial charge in [0.05, 0.1) is 32.0 Å². The molecule has 12 unspecified atom stereocenters. The fourth-order valence-electron chi connectivity index (χ4n) is 11.1. The van der Waals surface area contributed by atoms with Gasteiger partial charge in [0.1, 0.15) is 48.8 Å². The third-order valence-corrected chi connectivity index (χ3v) is 16.5. The lowest BCUT2D eigenvalue weighted by molar-refractivity contribution is -0.359. The molecule has 1 amide bonds. The molecule has 2 aliphatic heterocycles. The van der Waals surface area contributed by atoms with E-state index in [0.29, 0.717) is 6.42 Å². The average molecular weight is 1160 g/mol. The van der Waals surface area contributed by atoms with E-state index in [1.807, 2.05) is 6.08 Å². The molecule has 0 aliphatic carbocycles. The zero-order valence-corrected chi connectivity index (χ0v) is 52.0. The van der Waals surface area contributed by atoms with Crippen molar-refractivity contribution in [2.75, 3.05) is 19.8 Å². The molecule has 0 spiro atoms. The molecule has 0 radical (unpaired) electrons. The summed E-state index contributed by atoms with van der Waals surface area (Å²) in [5, 5.41) is 87.2. The van der Waals surface area contributed by atoms with Gasteiger partial charge in [0.15, 0.2) is 12.6 Å². The minimum atomic E-state index is -1.79. The van der Waals surface area contributed by atoms with Gasteiger partial charge in [-0.25, -0.2) is 0 Å². The summed E-state index contributed by atoms with van der Waals surface area (Å²) < 4.78 is 22.8. The van der Waals surface area contributed by atoms with Gasteiger partial charge < -0.3 is 65.1 Å². The van der Waals surface area contributed by atoms with Crippen LogP contribution >= 0.6 is 0 Å². The number of rotatable bonds is 55. The third-order valence-electron chi connectivity index (χ3n) is 16.5. The number of carbonyl (C=O) groups excluding carboxylic acids is 1. The second kappa shape index (κ2) is 53.2. The fraction of sp³-hybridized carbons (Fsp3) is 0.868. The number of aliphatic hydroxyl groups is 8. The Morgan fingerprint density at radius 2 is 0.841 bits per heavy atom. The quantitative estimate of drug-likeness (QED) is 0.0204. The van der Waals surface area contributed by atoms with E-state index < -0.39 is 86.8 Å². The molecule has 2 rings (SSSR count). The van der Waals surface area contributed by atoms with Crippen molar-refractivity contribution in [3.8, 4) is 0 Å². The standard InChI is InChI=1S/C68H125NO13/c1-3-5-7-9-11-13-15-17-19-20-21-22-23-24-25-26-27-28-29-30-31-32-33-34-35-36-38-39-41-43-45-47-49-51-57(72)56(69-60(73)52-50-48-46-44-42-40-37-18-16-14-12-10-8-6-4-2)55-79-67-65(78)63(76)66(59(54-71)81-67)82-68-64(77)62(75)61(74)58(53-70)80-68/h6,8,12,14,18,37,49,51,56-59,61-68,70-72,74-78H,3-5,7,9-11,13,15-17,19-36,38-48,50,52-55H2,1-2H3,(H,69,73)/b8-6-,14-12-,37-18-,51-49+. The number of allylic oxidation sites excluding steroid dienone is 7. The SMILES string of the molecule is CC/C=C\C/C=C\C/C=C\CCCCCCCC(=O)NC(COC1OC(CO)C(OC2OC(CO)C(O)C(O)C2O)C(O)C1O)C(O)/C=C/CCCCCCCCCCCCCCCCCCCCCCCCCCCCCCCCC. The Balaban J connectivity index is 1.65. The highest BCUT2D eigenvalue weighted by atomic mass is 16.7. The highest BCUT2D eigenvalue weighted by Crippen LogP contribution is 2.30. The Morgan fingerprint density at radius 3 is 1.29 bits per heavy atom. The van der Waals surface area contributed by atoms with Gasteiger partial charge in [-0.15, -0.1) is 0 Å². The summed E-state index contributed by atoms with van der Waals surface area (Å²) in [5.74, 6) is -0.255. The van der Waals surface area contributed by atoms with Crippen LogP contribution in [0.5, 0.6) is 0 Å². The van der Waals surface area contributed by atoms with Crippen LogP contribution in [0.4, 0.5) is 0 Å². The van der Waals surface area contributed by atoms with Crippen molar-refractivity contribution < 1.29 is 64.6 Å². The Kier molecular flexibility index (Phi) is 49.3. The molecule has 0 bridgehead atoms. The number of hydrogen-bond acceptors (Lipinski definition) is 13. The second-order valence-corrected chi connectivity index (χ2v) is 23.9. The van der Waals surface area contributed by atoms with E-state index in [9.17, 15) is 45.6 Å². The zero-order valence-electron chi connectivity index (χ0n) is 52.0. The van der Waals surface area contributed by atoms with Gasteiger partial charge in [0.25, 0.3) is 0 Å². The van der Waals surface area contributed by atoms with Gasteiger partial charge in [0, 0.05) is 6.42 Å². The molecule has 2 heterocycles. The summed E-state index contributed by atoms with van der Waals surface area (Å²) in [6, 6.07) is -0.926. The Labute approximate surface area is 499 Å². The molecule has 12 atom stereocenters. The highest BCUT2D eigenvalue weighted by Gasteiger charge is 2.51. The molecule has 14 nitrogen and oxygen atoms in total. The predicted octanol–water partition coefficient (Wildman–Crippen LogP) is 13.1. The van der Waals surface area contributed by atoms with Gasteiger partial charge in [-0.05, 0) is 51.4 Å². The zero-order chi connectivity index (χ0) is 59.5. The van der Waals surface area contributed by atoms with Crippen LogP contribution < -0.4 is 5.32 Å². The van der Waals surface area contributed by atoms with Crippen LogP contribution in [0.25, 0.3) is 0 Å². The second-order valence-electron chi connectivity index (χ2n) is 23.9. The molecule has 0 aromatic heterocycles. The topological polar surface area (TPSA) is 228 Å². The lowest BCUT2D eigenvalue weighted by atomic mass is 9.97. The molecular weight excluding hydrogens is 1040 g/mol. The Bertz CT molecular complexity index is 1560. The van der Waals surface area contributed by atoms with E-state index in [1.165, 1.54) is 186 Å². The molecule has 0 saturated carbocycles. The fourth-order valence-corrected chi connectivity index (χ4v) is 11.1. The molecule has 0 aromatic rings. The summed E-state index contributed by atoms with van der Waals surface area (Å²) in [6.07, 6.45) is 51.9. The van der Waals surface area contributed by atoms with Gasteiger partial charge in [-0.3, -0.25) is 4.79 Å². The van der Waals surface area contributed by atoms with Gasteiger partial charge >= 0.3 is 0 Å². The van der Waals surface area contributed by atoms with Crippen LogP contribution in [0.2, 0.25) is 0 Å². The van der Waals surface area contributed by atoms with Crippen LogP contribution in [0.3, 0.4) is 0 Å². The molecule has 14 heteroatoms. The Hall–Kier alpha value is -2.05. The number of hydrogen-bond donors (Lipinski definition) is 9. The predicted molar refractivity (Wildman–Crippen MR) is 332 cm³/mol. The molecule has 9 N–H and O–H groups in total. The van der Waals surface area contributed by atoms with E-state index in [4.69, 9.17) is 18.9 Å². The maximum atomic E-state index is 13.3. The lowest BCUT2D eigenvalue weighted by Gasteiger charge is -2.46. The first-order valence-electron chi connectivity index (χ1n) is 33.9. The van der Waals surface area contributed by atoms with Crippen molar-refractivity contribution >= 4 is 5.91 Å². The first kappa shape index (κ1) is 76.0. The molecule has 2 saturated heterocycles. The van der Waals surface area contributed by atoms with Crippen LogP contribution in [0, 0.1) is 0 Å². The van der Waals surface area contributed by atoms with Gasteiger partial charge in [0.2, 0.25) is 5.91 Å². The average Bonchev–Trinajstić information content (AvgIpc) is 3.53. The number of amides is 1. The van der Waals surface area contributed by atoms with E-state index in [2.05, 4.69) is 55.6 Å². The van der Waals surface area contributed by atoms with Gasteiger partial charge in [-0.2, -0.15) is 0 Å². The van der Waals surface area contributed by atoms with Crippen molar-refractivity contribution in [1.29, 1.82) is 0 Å². The van der Waals surface area contributed by atoms with Crippen LogP contribution in [0.1, 0.15) is 284 Å². The van der Waals surface area contributed by atoms with Crippen molar-refractivity contribution in [2.24, 2.45) is 0 Å².